The largest absolute Gasteiger partial charge is 0.508 e. The lowest BCUT2D eigenvalue weighted by atomic mass is 10.1. The number of nitrogens with zero attached hydrogens (tertiary/aromatic N) is 2. The number of hydrogen-bond acceptors (Lipinski definition) is 2. The molecule has 20 heavy (non-hydrogen) atoms. The third-order valence-corrected chi connectivity index (χ3v) is 3.57. The molecule has 0 saturated carbocycles. The van der Waals surface area contributed by atoms with Crippen molar-refractivity contribution in [3.63, 3.8) is 0 Å². The van der Waals surface area contributed by atoms with E-state index in [0.29, 0.717) is 5.52 Å². The molecule has 0 unspecified atom stereocenters. The van der Waals surface area contributed by atoms with Crippen molar-refractivity contribution in [2.45, 2.75) is 20.4 Å². The van der Waals surface area contributed by atoms with Gasteiger partial charge in [0, 0.05) is 23.7 Å². The molecule has 4 heteroatoms. The normalized spacial score (nSPS) is 11.2. The van der Waals surface area contributed by atoms with Gasteiger partial charge in [0.1, 0.15) is 17.4 Å². The van der Waals surface area contributed by atoms with Crippen molar-refractivity contribution in [2.75, 3.05) is 0 Å². The minimum Gasteiger partial charge on any atom is -0.508 e. The van der Waals surface area contributed by atoms with Crippen molar-refractivity contribution in [2.24, 2.45) is 0 Å². The number of benzene rings is 2. The summed E-state index contributed by atoms with van der Waals surface area (Å²) in [7, 11) is 0. The van der Waals surface area contributed by atoms with Crippen LogP contribution in [0.15, 0.2) is 36.4 Å². The number of phenolic OH excluding ortho intramolecular Hbond substituents is 1. The first-order chi connectivity index (χ1) is 9.61. The fraction of sp³-hybridized carbons (Fsp3) is 0.188. The summed E-state index contributed by atoms with van der Waals surface area (Å²) in [5, 5.41) is 9.85. The van der Waals surface area contributed by atoms with Crippen LogP contribution in [0.5, 0.6) is 5.75 Å². The summed E-state index contributed by atoms with van der Waals surface area (Å²) in [5.74, 6) is 0.697. The van der Waals surface area contributed by atoms with Crippen LogP contribution in [-0.4, -0.2) is 14.7 Å². The number of hydrogen-bond donors (Lipinski definition) is 1. The van der Waals surface area contributed by atoms with E-state index < -0.39 is 0 Å². The SMILES string of the molecule is CCn1c(-c2cccc(O)c2C)nc2cc(F)ccc21. The van der Waals surface area contributed by atoms with Gasteiger partial charge in [0.2, 0.25) is 0 Å². The van der Waals surface area contributed by atoms with Crippen LogP contribution >= 0.6 is 0 Å². The lowest BCUT2D eigenvalue weighted by Crippen LogP contribution is -1.98. The standard InChI is InChI=1S/C16H15FN2O/c1-3-19-14-8-7-11(17)9-13(14)18-16(19)12-5-4-6-15(20)10(12)2/h4-9,20H,3H2,1-2H3. The molecule has 102 valence electrons. The predicted molar refractivity (Wildman–Crippen MR) is 77.2 cm³/mol. The second-order valence-corrected chi connectivity index (χ2v) is 4.76. The van der Waals surface area contributed by atoms with Gasteiger partial charge < -0.3 is 9.67 Å². The highest BCUT2D eigenvalue weighted by atomic mass is 19.1. The van der Waals surface area contributed by atoms with E-state index in [0.717, 1.165) is 29.0 Å². The highest BCUT2D eigenvalue weighted by molar-refractivity contribution is 5.81. The van der Waals surface area contributed by atoms with E-state index in [1.807, 2.05) is 24.5 Å². The predicted octanol–water partition coefficient (Wildman–Crippen LogP) is 3.88. The molecule has 2 aromatic carbocycles. The summed E-state index contributed by atoms with van der Waals surface area (Å²) in [6.45, 7) is 4.60. The van der Waals surface area contributed by atoms with Crippen LogP contribution in [0.4, 0.5) is 4.39 Å². The highest BCUT2D eigenvalue weighted by Gasteiger charge is 2.15. The molecule has 0 atom stereocenters. The topological polar surface area (TPSA) is 38.0 Å². The van der Waals surface area contributed by atoms with Crippen LogP contribution in [0.1, 0.15) is 12.5 Å². The van der Waals surface area contributed by atoms with E-state index in [-0.39, 0.29) is 11.6 Å². The van der Waals surface area contributed by atoms with Gasteiger partial charge in [0.25, 0.3) is 0 Å². The number of aromatic hydroxyl groups is 1. The van der Waals surface area contributed by atoms with Crippen LogP contribution in [0.2, 0.25) is 0 Å². The Kier molecular flexibility index (Phi) is 2.93. The number of rotatable bonds is 2. The zero-order valence-corrected chi connectivity index (χ0v) is 11.4. The number of fused-ring (bicyclic) bond motifs is 1. The maximum Gasteiger partial charge on any atom is 0.141 e. The maximum atomic E-state index is 13.3. The first-order valence-electron chi connectivity index (χ1n) is 6.56. The Hall–Kier alpha value is -2.36. The lowest BCUT2D eigenvalue weighted by Gasteiger charge is -2.09. The molecule has 0 saturated heterocycles. The Bertz CT molecular complexity index is 793. The number of aryl methyl sites for hydroxylation is 1. The van der Waals surface area contributed by atoms with E-state index in [2.05, 4.69) is 4.98 Å². The fourth-order valence-electron chi connectivity index (χ4n) is 2.49. The first kappa shape index (κ1) is 12.7. The highest BCUT2D eigenvalue weighted by Crippen LogP contribution is 2.31. The van der Waals surface area contributed by atoms with Gasteiger partial charge in [0.05, 0.1) is 11.0 Å². The summed E-state index contributed by atoms with van der Waals surface area (Å²) in [6, 6.07) is 9.97. The molecule has 0 amide bonds. The van der Waals surface area contributed by atoms with Crippen molar-refractivity contribution in [3.8, 4) is 17.1 Å². The van der Waals surface area contributed by atoms with E-state index in [9.17, 15) is 9.50 Å². The molecular formula is C16H15FN2O. The van der Waals surface area contributed by atoms with Gasteiger partial charge in [-0.05, 0) is 32.0 Å². The first-order valence-corrected chi connectivity index (χ1v) is 6.56. The van der Waals surface area contributed by atoms with Crippen molar-refractivity contribution in [3.05, 3.63) is 47.8 Å². The fourth-order valence-corrected chi connectivity index (χ4v) is 2.49. The van der Waals surface area contributed by atoms with Gasteiger partial charge in [-0.25, -0.2) is 9.37 Å². The number of imidazole rings is 1. The van der Waals surface area contributed by atoms with Gasteiger partial charge in [-0.3, -0.25) is 0 Å². The third-order valence-electron chi connectivity index (χ3n) is 3.57. The molecule has 0 radical (unpaired) electrons. The van der Waals surface area contributed by atoms with Crippen LogP contribution in [-0.2, 0) is 6.54 Å². The molecule has 1 N–H and O–H groups in total. The third kappa shape index (κ3) is 1.84. The van der Waals surface area contributed by atoms with Gasteiger partial charge in [0.15, 0.2) is 0 Å². The average molecular weight is 270 g/mol. The second-order valence-electron chi connectivity index (χ2n) is 4.76. The molecular weight excluding hydrogens is 255 g/mol. The van der Waals surface area contributed by atoms with E-state index in [4.69, 9.17) is 0 Å². The molecule has 0 spiro atoms. The van der Waals surface area contributed by atoms with Crippen LogP contribution in [0.25, 0.3) is 22.4 Å². The van der Waals surface area contributed by atoms with Crippen LogP contribution in [0.3, 0.4) is 0 Å². The molecule has 0 bridgehead atoms. The molecule has 0 fully saturated rings. The minimum absolute atomic E-state index is 0.239. The number of halogens is 1. The molecule has 1 aromatic heterocycles. The summed E-state index contributed by atoms with van der Waals surface area (Å²) in [4.78, 5) is 4.53. The van der Waals surface area contributed by atoms with Crippen molar-refractivity contribution in [1.82, 2.24) is 9.55 Å². The Morgan fingerprint density at radius 2 is 2.05 bits per heavy atom. The van der Waals surface area contributed by atoms with E-state index in [1.54, 1.807) is 18.2 Å². The summed E-state index contributed by atoms with van der Waals surface area (Å²) >= 11 is 0. The molecule has 3 aromatic rings. The molecule has 3 nitrogen and oxygen atoms in total. The molecule has 3 rings (SSSR count). The smallest absolute Gasteiger partial charge is 0.141 e. The van der Waals surface area contributed by atoms with Crippen LogP contribution < -0.4 is 0 Å². The van der Waals surface area contributed by atoms with Gasteiger partial charge in [-0.2, -0.15) is 0 Å². The molecule has 1 heterocycles. The Morgan fingerprint density at radius 3 is 2.80 bits per heavy atom. The van der Waals surface area contributed by atoms with Crippen molar-refractivity contribution < 1.29 is 9.50 Å². The summed E-state index contributed by atoms with van der Waals surface area (Å²) < 4.78 is 15.4. The average Bonchev–Trinajstić information content (AvgIpc) is 2.79. The Balaban J connectivity index is 2.33. The number of phenols is 1. The second kappa shape index (κ2) is 4.63. The Labute approximate surface area is 116 Å². The quantitative estimate of drug-likeness (QED) is 0.767. The van der Waals surface area contributed by atoms with E-state index >= 15 is 0 Å². The van der Waals surface area contributed by atoms with Crippen molar-refractivity contribution >= 4 is 11.0 Å². The summed E-state index contributed by atoms with van der Waals surface area (Å²) in [6.07, 6.45) is 0. The van der Waals surface area contributed by atoms with Crippen molar-refractivity contribution in [1.29, 1.82) is 0 Å². The maximum absolute atomic E-state index is 13.3. The summed E-state index contributed by atoms with van der Waals surface area (Å²) in [5.41, 5.74) is 3.16. The Morgan fingerprint density at radius 1 is 1.25 bits per heavy atom. The minimum atomic E-state index is -0.294. The molecule has 0 aliphatic heterocycles. The van der Waals surface area contributed by atoms with Gasteiger partial charge in [-0.1, -0.05) is 12.1 Å². The van der Waals surface area contributed by atoms with Gasteiger partial charge >= 0.3 is 0 Å². The lowest BCUT2D eigenvalue weighted by molar-refractivity contribution is 0.471. The molecule has 0 aliphatic carbocycles. The van der Waals surface area contributed by atoms with Crippen LogP contribution in [0, 0.1) is 12.7 Å². The van der Waals surface area contributed by atoms with Gasteiger partial charge in [-0.15, -0.1) is 0 Å². The number of aromatic nitrogens is 2. The van der Waals surface area contributed by atoms with E-state index in [1.165, 1.54) is 12.1 Å². The zero-order valence-electron chi connectivity index (χ0n) is 11.4. The molecule has 0 aliphatic rings. The zero-order chi connectivity index (χ0) is 14.3. The monoisotopic (exact) mass is 270 g/mol.